The number of fused-ring (bicyclic) bond motifs is 7. The van der Waals surface area contributed by atoms with Gasteiger partial charge in [-0.05, 0) is 66.7 Å². The molecule has 7 heteroatoms. The van der Waals surface area contributed by atoms with Gasteiger partial charge in [0.05, 0.1) is 27.1 Å². The summed E-state index contributed by atoms with van der Waals surface area (Å²) in [5, 5.41) is 6.23. The van der Waals surface area contributed by atoms with E-state index in [9.17, 15) is 0 Å². The highest BCUT2D eigenvalue weighted by Crippen LogP contribution is 2.72. The molecule has 8 aromatic carbocycles. The van der Waals surface area contributed by atoms with Crippen LogP contribution in [0, 0.1) is 0 Å². The van der Waals surface area contributed by atoms with Crippen LogP contribution in [0.4, 0.5) is 0 Å². The molecular formula is C56H38N6S. The highest BCUT2D eigenvalue weighted by atomic mass is 32.3. The summed E-state index contributed by atoms with van der Waals surface area (Å²) in [6.45, 7) is 0. The molecule has 6 nitrogen and oxygen atoms in total. The van der Waals surface area contributed by atoms with Crippen LogP contribution >= 0.6 is 10.0 Å². The molecule has 0 spiro atoms. The van der Waals surface area contributed by atoms with Crippen LogP contribution in [-0.4, -0.2) is 29.1 Å². The van der Waals surface area contributed by atoms with Crippen molar-refractivity contribution in [1.82, 2.24) is 29.1 Å². The summed E-state index contributed by atoms with van der Waals surface area (Å²) >= 11 is 0. The van der Waals surface area contributed by atoms with Crippen molar-refractivity contribution in [3.05, 3.63) is 231 Å². The van der Waals surface area contributed by atoms with E-state index in [1.165, 1.54) is 21.5 Å². The number of pyridine rings is 1. The normalized spacial score (nSPS) is 12.1. The summed E-state index contributed by atoms with van der Waals surface area (Å²) in [6.07, 6.45) is 0. The van der Waals surface area contributed by atoms with E-state index in [2.05, 4.69) is 203 Å². The molecule has 0 fully saturated rings. The van der Waals surface area contributed by atoms with E-state index in [0.717, 1.165) is 59.5 Å². The largest absolute Gasteiger partial charge is 0.309 e. The number of hydrogen-bond donors (Lipinski definition) is 0. The smallest absolute Gasteiger partial charge is 0.187 e. The van der Waals surface area contributed by atoms with E-state index >= 15 is 0 Å². The van der Waals surface area contributed by atoms with Gasteiger partial charge in [-0.1, -0.05) is 174 Å². The van der Waals surface area contributed by atoms with Gasteiger partial charge >= 0.3 is 0 Å². The fraction of sp³-hybridized carbons (Fsp3) is 0. The lowest BCUT2D eigenvalue weighted by atomic mass is 10.1. The van der Waals surface area contributed by atoms with Crippen LogP contribution in [0.15, 0.2) is 250 Å². The average Bonchev–Trinajstić information content (AvgIpc) is 3.89. The maximum atomic E-state index is 5.87. The minimum atomic E-state index is -2.49. The molecule has 0 unspecified atom stereocenters. The summed E-state index contributed by atoms with van der Waals surface area (Å²) < 4.78 is 4.75. The van der Waals surface area contributed by atoms with Gasteiger partial charge in [0.15, 0.2) is 16.8 Å². The van der Waals surface area contributed by atoms with E-state index in [4.69, 9.17) is 19.9 Å². The van der Waals surface area contributed by atoms with E-state index in [0.29, 0.717) is 16.8 Å². The molecule has 0 aliphatic carbocycles. The molecule has 12 aromatic rings. The molecular weight excluding hydrogens is 789 g/mol. The van der Waals surface area contributed by atoms with Crippen molar-refractivity contribution in [2.45, 2.75) is 20.0 Å². The second kappa shape index (κ2) is 15.1. The Bertz CT molecular complexity index is 3510. The van der Waals surface area contributed by atoms with Gasteiger partial charge in [0, 0.05) is 48.2 Å². The van der Waals surface area contributed by atoms with E-state index in [1.807, 2.05) is 36.4 Å². The van der Waals surface area contributed by atoms with Crippen LogP contribution in [0.5, 0.6) is 0 Å². The molecule has 298 valence electrons. The molecule has 12 rings (SSSR count). The molecule has 0 aliphatic heterocycles. The lowest BCUT2D eigenvalue weighted by Gasteiger charge is -2.38. The summed E-state index contributed by atoms with van der Waals surface area (Å²) in [5.41, 5.74) is 7.43. The maximum absolute atomic E-state index is 5.87. The van der Waals surface area contributed by atoms with E-state index < -0.39 is 10.0 Å². The fourth-order valence-corrected chi connectivity index (χ4v) is 12.6. The third-order valence-electron chi connectivity index (χ3n) is 11.9. The average molecular weight is 827 g/mol. The minimum absolute atomic E-state index is 0.610. The van der Waals surface area contributed by atoms with Crippen LogP contribution in [0.3, 0.4) is 0 Å². The number of nitrogens with zero attached hydrogens (tertiary/aromatic N) is 6. The molecule has 0 saturated heterocycles. The Hall–Kier alpha value is -8.13. The molecule has 0 saturated carbocycles. The van der Waals surface area contributed by atoms with Gasteiger partial charge < -0.3 is 4.57 Å². The second-order valence-corrected chi connectivity index (χ2v) is 18.4. The SMILES string of the molecule is c1ccc(-c2nc(-c3ccccc3)nc(S(c3ccccc3)(c3ccccc3)c3cccc(-n4c5ccccc5c5ccc6c(c7ccccc7n6-c6ccccc6)c54)n3)n2)cc1. The van der Waals surface area contributed by atoms with Crippen LogP contribution in [0.1, 0.15) is 0 Å². The van der Waals surface area contributed by atoms with Crippen molar-refractivity contribution in [2.24, 2.45) is 0 Å². The van der Waals surface area contributed by atoms with Gasteiger partial charge in [-0.25, -0.2) is 19.9 Å². The Morgan fingerprint density at radius 2 is 0.841 bits per heavy atom. The third-order valence-corrected chi connectivity index (χ3v) is 15.4. The molecule has 0 atom stereocenters. The van der Waals surface area contributed by atoms with Gasteiger partial charge in [-0.2, -0.15) is 0 Å². The Kier molecular flexibility index (Phi) is 8.79. The van der Waals surface area contributed by atoms with Gasteiger partial charge in [-0.15, -0.1) is 0 Å². The first-order valence-electron chi connectivity index (χ1n) is 21.1. The topological polar surface area (TPSA) is 61.4 Å². The van der Waals surface area contributed by atoms with Crippen molar-refractivity contribution < 1.29 is 0 Å². The van der Waals surface area contributed by atoms with Gasteiger partial charge in [0.2, 0.25) is 0 Å². The van der Waals surface area contributed by atoms with Gasteiger partial charge in [-0.3, -0.25) is 4.57 Å². The molecule has 0 radical (unpaired) electrons. The Morgan fingerprint density at radius 1 is 0.333 bits per heavy atom. The molecule has 63 heavy (non-hydrogen) atoms. The first kappa shape index (κ1) is 36.7. The van der Waals surface area contributed by atoms with Crippen molar-refractivity contribution in [2.75, 3.05) is 0 Å². The van der Waals surface area contributed by atoms with Crippen molar-refractivity contribution in [1.29, 1.82) is 0 Å². The predicted molar refractivity (Wildman–Crippen MR) is 257 cm³/mol. The van der Waals surface area contributed by atoms with Crippen molar-refractivity contribution in [3.63, 3.8) is 0 Å². The molecule has 0 N–H and O–H groups in total. The second-order valence-electron chi connectivity index (χ2n) is 15.5. The number of aromatic nitrogens is 6. The third kappa shape index (κ3) is 5.89. The summed E-state index contributed by atoms with van der Waals surface area (Å²) in [4.78, 5) is 24.1. The summed E-state index contributed by atoms with van der Waals surface area (Å²) in [6, 6.07) is 80.8. The first-order chi connectivity index (χ1) is 31.3. The highest BCUT2D eigenvalue weighted by Gasteiger charge is 2.39. The van der Waals surface area contributed by atoms with Gasteiger partial charge in [0.25, 0.3) is 0 Å². The van der Waals surface area contributed by atoms with Gasteiger partial charge in [0.1, 0.15) is 5.82 Å². The Labute approximate surface area is 365 Å². The van der Waals surface area contributed by atoms with Crippen LogP contribution in [0.25, 0.3) is 77.9 Å². The molecule has 4 aromatic heterocycles. The number of rotatable bonds is 8. The Morgan fingerprint density at radius 3 is 1.44 bits per heavy atom. The zero-order chi connectivity index (χ0) is 41.7. The summed E-state index contributed by atoms with van der Waals surface area (Å²) in [5.74, 6) is 2.03. The zero-order valence-corrected chi connectivity index (χ0v) is 34.8. The standard InChI is InChI=1S/C56H38N6S/c1-6-21-39(22-7-1)54-58-55(40-23-8-2-9-24-40)60-56(59-54)63(42-27-12-4-13-28-42,43-29-14-5-15-30-43)51-36-20-35-50(57-51)62-47-33-18-16-31-44(47)45-37-38-49-52(53(45)62)46-32-17-19-34-48(46)61(49)41-25-10-3-11-26-41/h1-38H. The lowest BCUT2D eigenvalue weighted by molar-refractivity contribution is 0.891. The number of benzene rings is 8. The fourth-order valence-electron chi connectivity index (χ4n) is 9.16. The zero-order valence-electron chi connectivity index (χ0n) is 34.0. The molecule has 0 amide bonds. The first-order valence-corrected chi connectivity index (χ1v) is 22.7. The van der Waals surface area contributed by atoms with Crippen LogP contribution < -0.4 is 0 Å². The Balaban J connectivity index is 1.20. The number of hydrogen-bond acceptors (Lipinski definition) is 4. The molecule has 0 aliphatic rings. The summed E-state index contributed by atoms with van der Waals surface area (Å²) in [7, 11) is -2.49. The predicted octanol–water partition coefficient (Wildman–Crippen LogP) is 14.1. The minimum Gasteiger partial charge on any atom is -0.309 e. The molecule has 4 heterocycles. The van der Waals surface area contributed by atoms with E-state index in [1.54, 1.807) is 0 Å². The number of para-hydroxylation sites is 3. The van der Waals surface area contributed by atoms with Crippen molar-refractivity contribution in [3.8, 4) is 34.3 Å². The highest BCUT2D eigenvalue weighted by molar-refractivity contribution is 8.33. The maximum Gasteiger partial charge on any atom is 0.187 e. The molecule has 0 bridgehead atoms. The van der Waals surface area contributed by atoms with Crippen LogP contribution in [0.2, 0.25) is 0 Å². The monoisotopic (exact) mass is 826 g/mol. The quantitative estimate of drug-likeness (QED) is 0.153. The van der Waals surface area contributed by atoms with Crippen molar-refractivity contribution >= 4 is 53.6 Å². The van der Waals surface area contributed by atoms with Crippen LogP contribution in [-0.2, 0) is 0 Å². The van der Waals surface area contributed by atoms with E-state index in [-0.39, 0.29) is 0 Å². The lowest BCUT2D eigenvalue weighted by Crippen LogP contribution is -2.13.